The van der Waals surface area contributed by atoms with Crippen molar-refractivity contribution in [1.82, 2.24) is 0 Å². The van der Waals surface area contributed by atoms with E-state index in [0.29, 0.717) is 13.2 Å². The van der Waals surface area contributed by atoms with Crippen molar-refractivity contribution in [2.24, 2.45) is 0 Å². The first-order chi connectivity index (χ1) is 7.00. The maximum Gasteiger partial charge on any atom is 0.165 e. The molecule has 1 aliphatic heterocycles. The van der Waals surface area contributed by atoms with Gasteiger partial charge in [-0.2, -0.15) is 0 Å². The lowest BCUT2D eigenvalue weighted by molar-refractivity contribution is 0.168. The SMILES string of the molecule is Cc1ccc2c(c1C(C)(C)C)OCCO2. The molecule has 0 radical (unpaired) electrons. The Hall–Kier alpha value is -1.18. The van der Waals surface area contributed by atoms with E-state index in [1.165, 1.54) is 11.1 Å². The lowest BCUT2D eigenvalue weighted by Crippen LogP contribution is -2.21. The second-order valence-electron chi connectivity index (χ2n) is 5.03. The minimum absolute atomic E-state index is 0.0934. The summed E-state index contributed by atoms with van der Waals surface area (Å²) in [6.45, 7) is 10.0. The van der Waals surface area contributed by atoms with Gasteiger partial charge in [-0.25, -0.2) is 0 Å². The Morgan fingerprint density at radius 2 is 1.73 bits per heavy atom. The summed E-state index contributed by atoms with van der Waals surface area (Å²) in [5, 5.41) is 0. The highest BCUT2D eigenvalue weighted by Crippen LogP contribution is 2.41. The van der Waals surface area contributed by atoms with E-state index in [-0.39, 0.29) is 5.41 Å². The van der Waals surface area contributed by atoms with Gasteiger partial charge in [0.1, 0.15) is 13.2 Å². The number of fused-ring (bicyclic) bond motifs is 1. The van der Waals surface area contributed by atoms with Crippen LogP contribution < -0.4 is 9.47 Å². The van der Waals surface area contributed by atoms with Crippen molar-refractivity contribution >= 4 is 0 Å². The van der Waals surface area contributed by atoms with Crippen molar-refractivity contribution in [3.8, 4) is 11.5 Å². The Kier molecular flexibility index (Phi) is 2.37. The largest absolute Gasteiger partial charge is 0.486 e. The first-order valence-corrected chi connectivity index (χ1v) is 5.40. The molecule has 15 heavy (non-hydrogen) atoms. The van der Waals surface area contributed by atoms with E-state index in [0.717, 1.165) is 11.5 Å². The van der Waals surface area contributed by atoms with Gasteiger partial charge < -0.3 is 9.47 Å². The number of hydrogen-bond donors (Lipinski definition) is 0. The van der Waals surface area contributed by atoms with Crippen molar-refractivity contribution in [3.05, 3.63) is 23.3 Å². The summed E-state index contributed by atoms with van der Waals surface area (Å²) in [5.41, 5.74) is 2.63. The van der Waals surface area contributed by atoms with Crippen molar-refractivity contribution in [3.63, 3.8) is 0 Å². The van der Waals surface area contributed by atoms with Crippen LogP contribution >= 0.6 is 0 Å². The predicted octanol–water partition coefficient (Wildman–Crippen LogP) is 3.06. The zero-order chi connectivity index (χ0) is 11.1. The summed E-state index contributed by atoms with van der Waals surface area (Å²) in [5.74, 6) is 1.82. The van der Waals surface area contributed by atoms with Crippen LogP contribution in [0.2, 0.25) is 0 Å². The van der Waals surface area contributed by atoms with Crippen LogP contribution in [0.1, 0.15) is 31.9 Å². The number of ether oxygens (including phenoxy) is 2. The Morgan fingerprint density at radius 1 is 1.07 bits per heavy atom. The van der Waals surface area contributed by atoms with Crippen LogP contribution in [0.15, 0.2) is 12.1 Å². The summed E-state index contributed by atoms with van der Waals surface area (Å²) >= 11 is 0. The first kappa shape index (κ1) is 10.3. The molecule has 1 aliphatic rings. The molecule has 0 fully saturated rings. The van der Waals surface area contributed by atoms with Crippen molar-refractivity contribution in [1.29, 1.82) is 0 Å². The molecule has 0 saturated heterocycles. The maximum atomic E-state index is 5.74. The molecule has 0 N–H and O–H groups in total. The second-order valence-corrected chi connectivity index (χ2v) is 5.03. The van der Waals surface area contributed by atoms with Gasteiger partial charge >= 0.3 is 0 Å². The number of aryl methyl sites for hydroxylation is 1. The molecular weight excluding hydrogens is 188 g/mol. The van der Waals surface area contributed by atoms with Gasteiger partial charge in [0.15, 0.2) is 11.5 Å². The van der Waals surface area contributed by atoms with Gasteiger partial charge in [0, 0.05) is 5.56 Å². The number of rotatable bonds is 0. The third kappa shape index (κ3) is 1.81. The van der Waals surface area contributed by atoms with Crippen LogP contribution in [0.5, 0.6) is 11.5 Å². The molecule has 2 nitrogen and oxygen atoms in total. The van der Waals surface area contributed by atoms with Crippen LogP contribution in [-0.2, 0) is 5.41 Å². The molecule has 0 unspecified atom stereocenters. The van der Waals surface area contributed by atoms with Crippen LogP contribution in [0, 0.1) is 6.92 Å². The minimum atomic E-state index is 0.0934. The Balaban J connectivity index is 2.60. The summed E-state index contributed by atoms with van der Waals surface area (Å²) in [6.07, 6.45) is 0. The summed E-state index contributed by atoms with van der Waals surface area (Å²) in [6, 6.07) is 4.10. The Labute approximate surface area is 91.2 Å². The van der Waals surface area contributed by atoms with Gasteiger partial charge in [-0.15, -0.1) is 0 Å². The van der Waals surface area contributed by atoms with Gasteiger partial charge in [0.2, 0.25) is 0 Å². The van der Waals surface area contributed by atoms with E-state index in [2.05, 4.69) is 33.8 Å². The van der Waals surface area contributed by atoms with E-state index in [9.17, 15) is 0 Å². The lowest BCUT2D eigenvalue weighted by Gasteiger charge is -2.29. The molecule has 82 valence electrons. The fraction of sp³-hybridized carbons (Fsp3) is 0.538. The van der Waals surface area contributed by atoms with E-state index >= 15 is 0 Å². The van der Waals surface area contributed by atoms with Gasteiger partial charge in [0.25, 0.3) is 0 Å². The summed E-state index contributed by atoms with van der Waals surface area (Å²) < 4.78 is 11.3. The van der Waals surface area contributed by atoms with Gasteiger partial charge in [-0.3, -0.25) is 0 Å². The smallest absolute Gasteiger partial charge is 0.165 e. The number of hydrogen-bond acceptors (Lipinski definition) is 2. The highest BCUT2D eigenvalue weighted by molar-refractivity contribution is 5.54. The molecule has 2 heteroatoms. The highest BCUT2D eigenvalue weighted by Gasteiger charge is 2.26. The molecule has 0 amide bonds. The van der Waals surface area contributed by atoms with Crippen LogP contribution in [0.25, 0.3) is 0 Å². The Bertz CT molecular complexity index is 375. The van der Waals surface area contributed by atoms with E-state index in [1.54, 1.807) is 0 Å². The fourth-order valence-corrected chi connectivity index (χ4v) is 2.15. The third-order valence-electron chi connectivity index (χ3n) is 2.67. The van der Waals surface area contributed by atoms with Crippen molar-refractivity contribution in [2.75, 3.05) is 13.2 Å². The molecule has 1 aromatic carbocycles. The molecule has 0 aliphatic carbocycles. The molecule has 0 bridgehead atoms. The maximum absolute atomic E-state index is 5.74. The number of benzene rings is 1. The van der Waals surface area contributed by atoms with Crippen molar-refractivity contribution < 1.29 is 9.47 Å². The second kappa shape index (κ2) is 3.44. The molecule has 0 spiro atoms. The minimum Gasteiger partial charge on any atom is -0.486 e. The standard InChI is InChI=1S/C13H18O2/c1-9-5-6-10-12(15-8-7-14-10)11(9)13(2,3)4/h5-6H,7-8H2,1-4H3. The molecule has 0 aromatic heterocycles. The van der Waals surface area contributed by atoms with Gasteiger partial charge in [0.05, 0.1) is 0 Å². The molecule has 0 atom stereocenters. The van der Waals surface area contributed by atoms with Crippen molar-refractivity contribution in [2.45, 2.75) is 33.1 Å². The third-order valence-corrected chi connectivity index (χ3v) is 2.67. The summed E-state index contributed by atoms with van der Waals surface area (Å²) in [7, 11) is 0. The predicted molar refractivity (Wildman–Crippen MR) is 60.9 cm³/mol. The topological polar surface area (TPSA) is 18.5 Å². The van der Waals surface area contributed by atoms with Crippen LogP contribution in [-0.4, -0.2) is 13.2 Å². The molecule has 0 saturated carbocycles. The normalized spacial score (nSPS) is 15.2. The molecule has 1 aromatic rings. The quantitative estimate of drug-likeness (QED) is 0.649. The van der Waals surface area contributed by atoms with E-state index in [4.69, 9.17) is 9.47 Å². The van der Waals surface area contributed by atoms with E-state index in [1.807, 2.05) is 6.07 Å². The monoisotopic (exact) mass is 206 g/mol. The first-order valence-electron chi connectivity index (χ1n) is 5.40. The van der Waals surface area contributed by atoms with Gasteiger partial charge in [-0.05, 0) is 24.0 Å². The zero-order valence-corrected chi connectivity index (χ0v) is 9.89. The van der Waals surface area contributed by atoms with E-state index < -0.39 is 0 Å². The molecular formula is C13H18O2. The average molecular weight is 206 g/mol. The van der Waals surface area contributed by atoms with Crippen LogP contribution in [0.3, 0.4) is 0 Å². The Morgan fingerprint density at radius 3 is 2.40 bits per heavy atom. The summed E-state index contributed by atoms with van der Waals surface area (Å²) in [4.78, 5) is 0. The lowest BCUT2D eigenvalue weighted by atomic mass is 9.83. The van der Waals surface area contributed by atoms with Gasteiger partial charge in [-0.1, -0.05) is 26.8 Å². The fourth-order valence-electron chi connectivity index (χ4n) is 2.15. The molecule has 1 heterocycles. The average Bonchev–Trinajstić information content (AvgIpc) is 2.15. The molecule has 2 rings (SSSR count). The zero-order valence-electron chi connectivity index (χ0n) is 9.89. The van der Waals surface area contributed by atoms with Crippen LogP contribution in [0.4, 0.5) is 0 Å². The highest BCUT2D eigenvalue weighted by atomic mass is 16.6.